The fraction of sp³-hybridized carbons (Fsp3) is 0.333. The summed E-state index contributed by atoms with van der Waals surface area (Å²) in [5.74, 6) is -1.24. The highest BCUT2D eigenvalue weighted by Gasteiger charge is 2.64. The number of carbonyl (C=O) groups is 2. The molecule has 0 radical (unpaired) electrons. The Morgan fingerprint density at radius 1 is 1.03 bits per heavy atom. The van der Waals surface area contributed by atoms with E-state index in [4.69, 9.17) is 4.74 Å². The number of carbonyl (C=O) groups excluding carboxylic acids is 2. The lowest BCUT2D eigenvalue weighted by atomic mass is 9.67. The van der Waals surface area contributed by atoms with E-state index in [0.717, 1.165) is 11.3 Å². The summed E-state index contributed by atoms with van der Waals surface area (Å²) in [4.78, 5) is 27.8. The molecule has 0 saturated carbocycles. The molecule has 0 aliphatic carbocycles. The number of nitrogens with zero attached hydrogens (tertiary/aromatic N) is 3. The number of Topliss-reactive ketones (excluding diaryl/α,β-unsaturated/α-hetero) is 1. The van der Waals surface area contributed by atoms with Crippen LogP contribution in [0.1, 0.15) is 48.2 Å². The Morgan fingerprint density at radius 3 is 2.24 bits per heavy atom. The van der Waals surface area contributed by atoms with Crippen LogP contribution in [-0.4, -0.2) is 30.9 Å². The lowest BCUT2D eigenvalue weighted by Crippen LogP contribution is -2.47. The van der Waals surface area contributed by atoms with E-state index in [0.29, 0.717) is 11.1 Å². The summed E-state index contributed by atoms with van der Waals surface area (Å²) >= 11 is 0. The van der Waals surface area contributed by atoms with Crippen LogP contribution in [0.15, 0.2) is 54.6 Å². The third-order valence-corrected chi connectivity index (χ3v) is 6.61. The zero-order valence-electron chi connectivity index (χ0n) is 19.1. The number of anilines is 1. The minimum atomic E-state index is -1.50. The topological polar surface area (TPSA) is 94.2 Å². The minimum Gasteiger partial charge on any atom is -0.465 e. The van der Waals surface area contributed by atoms with Crippen molar-refractivity contribution >= 4 is 23.5 Å². The summed E-state index contributed by atoms with van der Waals surface area (Å²) in [6.45, 7) is 5.56. The first kappa shape index (κ1) is 22.3. The van der Waals surface area contributed by atoms with Crippen molar-refractivity contribution in [2.75, 3.05) is 12.0 Å². The standard InChI is InChI=1S/C27H25N3O3/c1-26(2,3)24(31)23-22(18-9-11-19(12-10-18)25(32)33-4)27(15-28,16-29)21-14-13-17-7-5-6-8-20(17)30(21)23/h5-14,21-23H,1-4H3/t21-,22-,23+/m0/s1. The first-order chi connectivity index (χ1) is 15.7. The Hall–Kier alpha value is -3.90. The van der Waals surface area contributed by atoms with E-state index in [9.17, 15) is 20.1 Å². The average Bonchev–Trinajstić information content (AvgIpc) is 3.13. The lowest BCUT2D eigenvalue weighted by Gasteiger charge is -2.37. The second-order valence-corrected chi connectivity index (χ2v) is 9.51. The molecule has 2 aromatic rings. The molecule has 4 rings (SSSR count). The normalized spacial score (nSPS) is 22.5. The molecule has 1 fully saturated rings. The molecule has 2 aliphatic rings. The van der Waals surface area contributed by atoms with Gasteiger partial charge in [0, 0.05) is 17.0 Å². The zero-order chi connectivity index (χ0) is 24.0. The summed E-state index contributed by atoms with van der Waals surface area (Å²) in [5.41, 5.74) is 0.593. The van der Waals surface area contributed by atoms with Gasteiger partial charge in [0.25, 0.3) is 0 Å². The van der Waals surface area contributed by atoms with Crippen LogP contribution < -0.4 is 4.90 Å². The van der Waals surface area contributed by atoms with E-state index in [2.05, 4.69) is 12.1 Å². The van der Waals surface area contributed by atoms with E-state index in [1.54, 1.807) is 24.3 Å². The quantitative estimate of drug-likeness (QED) is 0.654. The van der Waals surface area contributed by atoms with Crippen molar-refractivity contribution in [3.8, 4) is 12.1 Å². The highest BCUT2D eigenvalue weighted by Crippen LogP contribution is 2.56. The van der Waals surface area contributed by atoms with Crippen molar-refractivity contribution in [2.24, 2.45) is 10.8 Å². The zero-order valence-corrected chi connectivity index (χ0v) is 19.1. The molecule has 33 heavy (non-hydrogen) atoms. The smallest absolute Gasteiger partial charge is 0.337 e. The molecule has 0 aromatic heterocycles. The number of ketones is 1. The van der Waals surface area contributed by atoms with Crippen LogP contribution in [0.2, 0.25) is 0 Å². The van der Waals surface area contributed by atoms with Crippen molar-refractivity contribution in [1.82, 2.24) is 0 Å². The van der Waals surface area contributed by atoms with Crippen LogP contribution in [0, 0.1) is 33.5 Å². The van der Waals surface area contributed by atoms with E-state index < -0.39 is 34.8 Å². The van der Waals surface area contributed by atoms with Crippen molar-refractivity contribution in [3.05, 3.63) is 71.3 Å². The number of hydrogen-bond acceptors (Lipinski definition) is 6. The molecule has 2 aliphatic heterocycles. The van der Waals surface area contributed by atoms with Crippen LogP contribution >= 0.6 is 0 Å². The second-order valence-electron chi connectivity index (χ2n) is 9.51. The van der Waals surface area contributed by atoms with E-state index >= 15 is 0 Å². The van der Waals surface area contributed by atoms with Gasteiger partial charge in [0.05, 0.1) is 36.9 Å². The molecule has 6 nitrogen and oxygen atoms in total. The Kier molecular flexibility index (Phi) is 5.34. The number of rotatable bonds is 3. The molecule has 0 spiro atoms. The van der Waals surface area contributed by atoms with E-state index in [1.165, 1.54) is 7.11 Å². The van der Waals surface area contributed by atoms with Gasteiger partial charge in [-0.1, -0.05) is 63.3 Å². The Morgan fingerprint density at radius 2 is 1.67 bits per heavy atom. The summed E-state index contributed by atoms with van der Waals surface area (Å²) in [6, 6.07) is 17.6. The van der Waals surface area contributed by atoms with E-state index in [-0.39, 0.29) is 5.78 Å². The summed E-state index contributed by atoms with van der Waals surface area (Å²) < 4.78 is 4.79. The largest absolute Gasteiger partial charge is 0.465 e. The van der Waals surface area contributed by atoms with Crippen LogP contribution in [0.5, 0.6) is 0 Å². The number of fused-ring (bicyclic) bond motifs is 3. The number of nitriles is 2. The third-order valence-electron chi connectivity index (χ3n) is 6.61. The number of para-hydroxylation sites is 1. The van der Waals surface area contributed by atoms with E-state index in [1.807, 2.05) is 62.1 Å². The van der Waals surface area contributed by atoms with Crippen LogP contribution in [0.25, 0.3) is 6.08 Å². The van der Waals surface area contributed by atoms with Gasteiger partial charge in [-0.05, 0) is 29.3 Å². The number of ether oxygens (including phenoxy) is 1. The third kappa shape index (κ3) is 3.31. The molecule has 0 bridgehead atoms. The van der Waals surface area contributed by atoms with Gasteiger partial charge in [0.1, 0.15) is 0 Å². The predicted octanol–water partition coefficient (Wildman–Crippen LogP) is 4.49. The van der Waals surface area contributed by atoms with Crippen LogP contribution in [-0.2, 0) is 9.53 Å². The first-order valence-electron chi connectivity index (χ1n) is 10.8. The van der Waals surface area contributed by atoms with Gasteiger partial charge in [0.15, 0.2) is 11.2 Å². The van der Waals surface area contributed by atoms with Gasteiger partial charge in [-0.25, -0.2) is 4.79 Å². The molecule has 2 aromatic carbocycles. The number of benzene rings is 2. The number of esters is 1. The average molecular weight is 440 g/mol. The second kappa shape index (κ2) is 7.90. The minimum absolute atomic E-state index is 0.0491. The van der Waals surface area contributed by atoms with Gasteiger partial charge in [-0.3, -0.25) is 4.79 Å². The molecular formula is C27H25N3O3. The van der Waals surface area contributed by atoms with Gasteiger partial charge in [-0.15, -0.1) is 0 Å². The molecular weight excluding hydrogens is 414 g/mol. The van der Waals surface area contributed by atoms with Gasteiger partial charge < -0.3 is 9.64 Å². The van der Waals surface area contributed by atoms with Crippen LogP contribution in [0.3, 0.4) is 0 Å². The van der Waals surface area contributed by atoms with Crippen molar-refractivity contribution in [3.63, 3.8) is 0 Å². The highest BCUT2D eigenvalue weighted by molar-refractivity contribution is 5.96. The monoisotopic (exact) mass is 439 g/mol. The molecule has 0 amide bonds. The van der Waals surface area contributed by atoms with Crippen LogP contribution in [0.4, 0.5) is 5.69 Å². The van der Waals surface area contributed by atoms with Crippen molar-refractivity contribution in [1.29, 1.82) is 10.5 Å². The maximum atomic E-state index is 13.9. The molecule has 0 unspecified atom stereocenters. The van der Waals surface area contributed by atoms with Gasteiger partial charge in [0.2, 0.25) is 0 Å². The van der Waals surface area contributed by atoms with Crippen molar-refractivity contribution < 1.29 is 14.3 Å². The molecule has 2 heterocycles. The Bertz CT molecular complexity index is 1210. The lowest BCUT2D eigenvalue weighted by molar-refractivity contribution is -0.127. The summed E-state index contributed by atoms with van der Waals surface area (Å²) in [7, 11) is 1.31. The molecule has 1 saturated heterocycles. The molecule has 0 N–H and O–H groups in total. The first-order valence-corrected chi connectivity index (χ1v) is 10.8. The number of hydrogen-bond donors (Lipinski definition) is 0. The maximum absolute atomic E-state index is 13.9. The number of methoxy groups -OCH3 is 1. The molecule has 6 heteroatoms. The summed E-state index contributed by atoms with van der Waals surface area (Å²) in [6.07, 6.45) is 3.78. The molecule has 166 valence electrons. The van der Waals surface area contributed by atoms with Crippen molar-refractivity contribution in [2.45, 2.75) is 38.8 Å². The summed E-state index contributed by atoms with van der Waals surface area (Å²) in [5, 5.41) is 20.8. The van der Waals surface area contributed by atoms with Gasteiger partial charge >= 0.3 is 5.97 Å². The highest BCUT2D eigenvalue weighted by atomic mass is 16.5. The Balaban J connectivity index is 1.97. The Labute approximate surface area is 193 Å². The fourth-order valence-corrected chi connectivity index (χ4v) is 5.00. The maximum Gasteiger partial charge on any atom is 0.337 e. The molecule has 3 atom stereocenters. The SMILES string of the molecule is COC(=O)c1ccc([C@H]2[C@H](C(=O)C(C)(C)C)N3c4ccccc4C=C[C@H]3C2(C#N)C#N)cc1. The fourth-order valence-electron chi connectivity index (χ4n) is 5.00. The van der Waals surface area contributed by atoms with Gasteiger partial charge in [-0.2, -0.15) is 10.5 Å². The predicted molar refractivity (Wildman–Crippen MR) is 124 cm³/mol.